The molecular formula is C62H116O14. The number of carbonyl (C=O) groups is 1. The van der Waals surface area contributed by atoms with Gasteiger partial charge in [0.05, 0.1) is 26.4 Å². The molecule has 2 fully saturated rings. The Morgan fingerprint density at radius 1 is 0.434 bits per heavy atom. The molecule has 2 rings (SSSR count). The highest BCUT2D eigenvalue weighted by Crippen LogP contribution is 2.27. The van der Waals surface area contributed by atoms with Crippen LogP contribution in [0.2, 0.25) is 0 Å². The lowest BCUT2D eigenvalue weighted by atomic mass is 9.98. The summed E-state index contributed by atoms with van der Waals surface area (Å²) in [7, 11) is 0. The largest absolute Gasteiger partial charge is 0.457 e. The van der Waals surface area contributed by atoms with Crippen LogP contribution in [0.3, 0.4) is 0 Å². The molecule has 0 bridgehead atoms. The third-order valence-electron chi connectivity index (χ3n) is 15.2. The predicted octanol–water partition coefficient (Wildman–Crippen LogP) is 11.9. The van der Waals surface area contributed by atoms with Crippen molar-refractivity contribution in [1.29, 1.82) is 0 Å². The molecule has 0 aromatic rings. The molecule has 76 heavy (non-hydrogen) atoms. The van der Waals surface area contributed by atoms with Gasteiger partial charge in [-0.3, -0.25) is 4.79 Å². The van der Waals surface area contributed by atoms with Gasteiger partial charge in [0.2, 0.25) is 0 Å². The van der Waals surface area contributed by atoms with E-state index in [4.69, 9.17) is 28.4 Å². The molecule has 14 nitrogen and oxygen atoms in total. The fourth-order valence-corrected chi connectivity index (χ4v) is 10.1. The molecule has 448 valence electrons. The number of aliphatic hydroxyl groups is 7. The molecule has 2 saturated heterocycles. The number of unbranched alkanes of at least 4 members (excludes halogenated alkanes) is 34. The molecule has 0 aromatic carbocycles. The van der Waals surface area contributed by atoms with E-state index in [-0.39, 0.29) is 25.6 Å². The third-order valence-corrected chi connectivity index (χ3v) is 15.2. The molecule has 0 radical (unpaired) electrons. The standard InChI is InChI=1S/C62H116O14/c1-3-5-7-9-11-13-15-17-19-21-23-25-26-28-30-32-34-36-38-40-42-44-46-71-48-51(74-54(64)45-43-41-39-37-35-33-31-29-27-24-22-20-18-16-14-12-10-8-6-4-2)49-72-61-60(70)58(68)56(66)53(76-61)50-73-62-59(69)57(67)55(65)52(47-63)75-62/h15,17,21,23,51-53,55-63,65-70H,3-14,16,18-20,22,24-50H2,1-2H3/b17-15-,23-21-. The summed E-state index contributed by atoms with van der Waals surface area (Å²) in [5, 5.41) is 72.4. The Labute approximate surface area is 462 Å². The number of carbonyl (C=O) groups excluding carboxylic acids is 1. The molecule has 11 atom stereocenters. The molecule has 2 heterocycles. The van der Waals surface area contributed by atoms with Gasteiger partial charge in [-0.1, -0.05) is 237 Å². The first kappa shape index (κ1) is 70.6. The molecule has 7 N–H and O–H groups in total. The smallest absolute Gasteiger partial charge is 0.306 e. The zero-order valence-electron chi connectivity index (χ0n) is 48.3. The van der Waals surface area contributed by atoms with Crippen molar-refractivity contribution in [1.82, 2.24) is 0 Å². The van der Waals surface area contributed by atoms with Crippen molar-refractivity contribution in [2.24, 2.45) is 0 Å². The van der Waals surface area contributed by atoms with Gasteiger partial charge in [-0.05, 0) is 44.9 Å². The zero-order valence-corrected chi connectivity index (χ0v) is 48.3. The van der Waals surface area contributed by atoms with Gasteiger partial charge in [0, 0.05) is 13.0 Å². The van der Waals surface area contributed by atoms with Gasteiger partial charge in [-0.15, -0.1) is 0 Å². The second-order valence-corrected chi connectivity index (χ2v) is 22.2. The van der Waals surface area contributed by atoms with E-state index >= 15 is 0 Å². The number of hydrogen-bond acceptors (Lipinski definition) is 14. The fraction of sp³-hybridized carbons (Fsp3) is 0.919. The lowest BCUT2D eigenvalue weighted by molar-refractivity contribution is -0.332. The topological polar surface area (TPSA) is 214 Å². The van der Waals surface area contributed by atoms with Crippen LogP contribution in [0.4, 0.5) is 0 Å². The van der Waals surface area contributed by atoms with E-state index in [1.54, 1.807) is 0 Å². The molecule has 0 spiro atoms. The van der Waals surface area contributed by atoms with Crippen molar-refractivity contribution in [3.05, 3.63) is 24.3 Å². The summed E-state index contributed by atoms with van der Waals surface area (Å²) >= 11 is 0. The van der Waals surface area contributed by atoms with Gasteiger partial charge < -0.3 is 64.2 Å². The molecule has 0 saturated carbocycles. The van der Waals surface area contributed by atoms with Crippen LogP contribution in [0.15, 0.2) is 24.3 Å². The molecular weight excluding hydrogens is 969 g/mol. The first-order valence-corrected chi connectivity index (χ1v) is 31.4. The van der Waals surface area contributed by atoms with E-state index in [9.17, 15) is 40.5 Å². The second kappa shape index (κ2) is 49.3. The summed E-state index contributed by atoms with van der Waals surface area (Å²) in [6.07, 6.45) is 40.9. The van der Waals surface area contributed by atoms with Crippen molar-refractivity contribution >= 4 is 5.97 Å². The van der Waals surface area contributed by atoms with Crippen molar-refractivity contribution in [3.63, 3.8) is 0 Å². The van der Waals surface area contributed by atoms with Crippen LogP contribution >= 0.6 is 0 Å². The van der Waals surface area contributed by atoms with Crippen LogP contribution in [0.25, 0.3) is 0 Å². The fourth-order valence-electron chi connectivity index (χ4n) is 10.1. The van der Waals surface area contributed by atoms with E-state index in [1.807, 2.05) is 0 Å². The number of esters is 1. The summed E-state index contributed by atoms with van der Waals surface area (Å²) in [6.45, 7) is 3.73. The number of rotatable bonds is 52. The van der Waals surface area contributed by atoms with Crippen molar-refractivity contribution in [3.8, 4) is 0 Å². The SMILES string of the molecule is CCCCCCC/C=C\C/C=C\CCCCCCCCCCCCOCC(COC1OC(COC2OC(CO)C(O)C(O)C2O)C(O)C(O)C1O)OC(=O)CCCCCCCCCCCCCCCCCCCCCC. The maximum absolute atomic E-state index is 13.1. The maximum Gasteiger partial charge on any atom is 0.306 e. The van der Waals surface area contributed by atoms with E-state index in [2.05, 4.69) is 38.2 Å². The quantitative estimate of drug-likeness (QED) is 0.0172. The minimum atomic E-state index is -1.71. The lowest BCUT2D eigenvalue weighted by Crippen LogP contribution is -2.61. The van der Waals surface area contributed by atoms with Crippen LogP contribution in [-0.4, -0.2) is 142 Å². The van der Waals surface area contributed by atoms with Gasteiger partial charge in [-0.2, -0.15) is 0 Å². The van der Waals surface area contributed by atoms with Crippen molar-refractivity contribution in [2.45, 2.75) is 332 Å². The van der Waals surface area contributed by atoms with Crippen LogP contribution in [0, 0.1) is 0 Å². The minimum absolute atomic E-state index is 0.0642. The Kier molecular flexibility index (Phi) is 45.8. The molecule has 11 unspecified atom stereocenters. The summed E-state index contributed by atoms with van der Waals surface area (Å²) < 4.78 is 34.5. The lowest BCUT2D eigenvalue weighted by Gasteiger charge is -2.42. The number of allylic oxidation sites excluding steroid dienone is 4. The Bertz CT molecular complexity index is 1350. The number of ether oxygens (including phenoxy) is 6. The van der Waals surface area contributed by atoms with Crippen molar-refractivity contribution < 1.29 is 69.0 Å². The molecule has 0 aliphatic carbocycles. The summed E-state index contributed by atoms with van der Waals surface area (Å²) in [6, 6.07) is 0. The third kappa shape index (κ3) is 35.3. The van der Waals surface area contributed by atoms with E-state index in [0.717, 1.165) is 44.9 Å². The summed E-state index contributed by atoms with van der Waals surface area (Å²) in [5.41, 5.74) is 0. The highest BCUT2D eigenvalue weighted by Gasteiger charge is 2.47. The number of hydrogen-bond donors (Lipinski definition) is 7. The summed E-state index contributed by atoms with van der Waals surface area (Å²) in [4.78, 5) is 13.1. The van der Waals surface area contributed by atoms with E-state index in [1.165, 1.54) is 193 Å². The summed E-state index contributed by atoms with van der Waals surface area (Å²) in [5.74, 6) is -0.371. The highest BCUT2D eigenvalue weighted by molar-refractivity contribution is 5.69. The first-order valence-electron chi connectivity index (χ1n) is 31.4. The van der Waals surface area contributed by atoms with Gasteiger partial charge in [0.1, 0.15) is 54.9 Å². The molecule has 2 aliphatic rings. The Morgan fingerprint density at radius 3 is 1.26 bits per heavy atom. The number of aliphatic hydroxyl groups excluding tert-OH is 7. The van der Waals surface area contributed by atoms with Gasteiger partial charge in [0.25, 0.3) is 0 Å². The molecule has 0 amide bonds. The van der Waals surface area contributed by atoms with Crippen LogP contribution < -0.4 is 0 Å². The monoisotopic (exact) mass is 1080 g/mol. The first-order chi connectivity index (χ1) is 37.1. The Balaban J connectivity index is 1.68. The van der Waals surface area contributed by atoms with Crippen LogP contribution in [-0.2, 0) is 33.2 Å². The van der Waals surface area contributed by atoms with Crippen molar-refractivity contribution in [2.75, 3.05) is 33.0 Å². The average Bonchev–Trinajstić information content (AvgIpc) is 3.42. The normalized spacial score (nSPS) is 24.5. The molecule has 2 aliphatic heterocycles. The molecule has 0 aromatic heterocycles. The van der Waals surface area contributed by atoms with Gasteiger partial charge in [0.15, 0.2) is 12.6 Å². The van der Waals surface area contributed by atoms with Crippen LogP contribution in [0.5, 0.6) is 0 Å². The maximum atomic E-state index is 13.1. The van der Waals surface area contributed by atoms with Gasteiger partial charge >= 0.3 is 5.97 Å². The predicted molar refractivity (Wildman–Crippen MR) is 303 cm³/mol. The van der Waals surface area contributed by atoms with Crippen LogP contribution in [0.1, 0.15) is 264 Å². The minimum Gasteiger partial charge on any atom is -0.457 e. The van der Waals surface area contributed by atoms with Gasteiger partial charge in [-0.25, -0.2) is 0 Å². The average molecular weight is 1090 g/mol. The van der Waals surface area contributed by atoms with E-state index in [0.29, 0.717) is 13.0 Å². The second-order valence-electron chi connectivity index (χ2n) is 22.2. The van der Waals surface area contributed by atoms with E-state index < -0.39 is 80.7 Å². The Morgan fingerprint density at radius 2 is 0.816 bits per heavy atom. The Hall–Kier alpha value is -1.53. The zero-order chi connectivity index (χ0) is 55.1. The molecule has 14 heteroatoms. The highest BCUT2D eigenvalue weighted by atomic mass is 16.7.